The Morgan fingerprint density at radius 3 is 2.33 bits per heavy atom. The van der Waals surface area contributed by atoms with Gasteiger partial charge in [0.25, 0.3) is 0 Å². The van der Waals surface area contributed by atoms with Gasteiger partial charge < -0.3 is 11.1 Å². The first-order chi connectivity index (χ1) is 14.2. The molecule has 0 aliphatic rings. The monoisotopic (exact) mass is 412 g/mol. The SMILES string of the molecule is Cc1nc(Nc2ccc3ccccc3c2)c(N)c(-c2ccc(C(F)(F)F)cc2F)n1. The first kappa shape index (κ1) is 19.6. The van der Waals surface area contributed by atoms with Crippen LogP contribution in [0, 0.1) is 12.7 Å². The number of halogens is 4. The van der Waals surface area contributed by atoms with Crippen LogP contribution >= 0.6 is 0 Å². The lowest BCUT2D eigenvalue weighted by Crippen LogP contribution is -2.08. The molecule has 3 aromatic carbocycles. The lowest BCUT2D eigenvalue weighted by molar-refractivity contribution is -0.137. The topological polar surface area (TPSA) is 63.8 Å². The van der Waals surface area contributed by atoms with Gasteiger partial charge in [-0.25, -0.2) is 14.4 Å². The molecule has 0 unspecified atom stereocenters. The number of nitrogens with one attached hydrogen (secondary N) is 1. The van der Waals surface area contributed by atoms with Gasteiger partial charge in [-0.3, -0.25) is 0 Å². The van der Waals surface area contributed by atoms with Crippen LogP contribution in [0.4, 0.5) is 34.8 Å². The van der Waals surface area contributed by atoms with Crippen molar-refractivity contribution in [2.24, 2.45) is 0 Å². The van der Waals surface area contributed by atoms with Crippen LogP contribution in [0.1, 0.15) is 11.4 Å². The molecule has 0 aliphatic heterocycles. The molecule has 152 valence electrons. The summed E-state index contributed by atoms with van der Waals surface area (Å²) in [5.41, 5.74) is 5.71. The van der Waals surface area contributed by atoms with Gasteiger partial charge >= 0.3 is 6.18 Å². The van der Waals surface area contributed by atoms with Crippen molar-refractivity contribution in [3.05, 3.63) is 77.9 Å². The summed E-state index contributed by atoms with van der Waals surface area (Å²) in [6.07, 6.45) is -4.64. The zero-order valence-corrected chi connectivity index (χ0v) is 15.8. The summed E-state index contributed by atoms with van der Waals surface area (Å²) in [5.74, 6) is -0.528. The molecular weight excluding hydrogens is 396 g/mol. The highest BCUT2D eigenvalue weighted by Gasteiger charge is 2.31. The largest absolute Gasteiger partial charge is 0.416 e. The highest BCUT2D eigenvalue weighted by Crippen LogP contribution is 2.36. The second-order valence-electron chi connectivity index (χ2n) is 6.76. The van der Waals surface area contributed by atoms with Crippen molar-refractivity contribution in [3.8, 4) is 11.3 Å². The van der Waals surface area contributed by atoms with Crippen LogP contribution in [0.25, 0.3) is 22.0 Å². The molecule has 0 saturated carbocycles. The molecule has 30 heavy (non-hydrogen) atoms. The van der Waals surface area contributed by atoms with E-state index >= 15 is 0 Å². The third-order valence-corrected chi connectivity index (χ3v) is 4.62. The van der Waals surface area contributed by atoms with Crippen LogP contribution in [-0.4, -0.2) is 9.97 Å². The molecule has 1 aromatic heterocycles. The number of fused-ring (bicyclic) bond motifs is 1. The van der Waals surface area contributed by atoms with E-state index in [4.69, 9.17) is 5.73 Å². The van der Waals surface area contributed by atoms with E-state index < -0.39 is 17.6 Å². The van der Waals surface area contributed by atoms with Crippen molar-refractivity contribution in [2.75, 3.05) is 11.1 Å². The van der Waals surface area contributed by atoms with Gasteiger partial charge in [0.05, 0.1) is 5.56 Å². The number of nitrogen functional groups attached to an aromatic ring is 1. The number of aryl methyl sites for hydroxylation is 1. The Morgan fingerprint density at radius 2 is 1.63 bits per heavy atom. The molecule has 0 bridgehead atoms. The van der Waals surface area contributed by atoms with Crippen LogP contribution < -0.4 is 11.1 Å². The molecule has 0 aliphatic carbocycles. The maximum absolute atomic E-state index is 14.5. The van der Waals surface area contributed by atoms with E-state index in [2.05, 4.69) is 15.3 Å². The van der Waals surface area contributed by atoms with Crippen molar-refractivity contribution in [1.82, 2.24) is 9.97 Å². The molecule has 0 radical (unpaired) electrons. The van der Waals surface area contributed by atoms with Crippen molar-refractivity contribution in [2.45, 2.75) is 13.1 Å². The molecule has 0 atom stereocenters. The van der Waals surface area contributed by atoms with Crippen molar-refractivity contribution < 1.29 is 17.6 Å². The van der Waals surface area contributed by atoms with Crippen LogP contribution in [0.3, 0.4) is 0 Å². The highest BCUT2D eigenvalue weighted by atomic mass is 19.4. The summed E-state index contributed by atoms with van der Waals surface area (Å²) in [7, 11) is 0. The molecule has 4 rings (SSSR count). The minimum absolute atomic E-state index is 0.0250. The first-order valence-electron chi connectivity index (χ1n) is 8.99. The molecule has 3 N–H and O–H groups in total. The summed E-state index contributed by atoms with van der Waals surface area (Å²) in [4.78, 5) is 8.42. The van der Waals surface area contributed by atoms with Crippen molar-refractivity contribution in [1.29, 1.82) is 0 Å². The van der Waals surface area contributed by atoms with E-state index in [9.17, 15) is 17.6 Å². The molecule has 4 aromatic rings. The number of nitrogens with zero attached hydrogens (tertiary/aromatic N) is 2. The maximum Gasteiger partial charge on any atom is 0.416 e. The number of aromatic nitrogens is 2. The Balaban J connectivity index is 1.75. The third kappa shape index (κ3) is 3.76. The lowest BCUT2D eigenvalue weighted by Gasteiger charge is -2.15. The fraction of sp³-hybridized carbons (Fsp3) is 0.0909. The lowest BCUT2D eigenvalue weighted by atomic mass is 10.1. The number of anilines is 3. The van der Waals surface area contributed by atoms with Crippen molar-refractivity contribution in [3.63, 3.8) is 0 Å². The maximum atomic E-state index is 14.5. The van der Waals surface area contributed by atoms with Crippen LogP contribution in [0.15, 0.2) is 60.7 Å². The van der Waals surface area contributed by atoms with Gasteiger partial charge in [-0.2, -0.15) is 13.2 Å². The Labute approximate surface area is 169 Å². The summed E-state index contributed by atoms with van der Waals surface area (Å²) < 4.78 is 53.0. The summed E-state index contributed by atoms with van der Waals surface area (Å²) >= 11 is 0. The average Bonchev–Trinajstić information content (AvgIpc) is 2.70. The number of hydrogen-bond acceptors (Lipinski definition) is 4. The Kier molecular flexibility index (Phi) is 4.77. The number of rotatable bonds is 3. The number of nitrogens with two attached hydrogens (primary N) is 1. The summed E-state index contributed by atoms with van der Waals surface area (Å²) in [5, 5.41) is 5.15. The first-order valence-corrected chi connectivity index (χ1v) is 8.99. The fourth-order valence-electron chi connectivity index (χ4n) is 3.17. The Hall–Kier alpha value is -3.68. The molecule has 8 heteroatoms. The van der Waals surface area contributed by atoms with E-state index in [1.54, 1.807) is 6.92 Å². The predicted molar refractivity (Wildman–Crippen MR) is 109 cm³/mol. The third-order valence-electron chi connectivity index (χ3n) is 4.62. The Bertz CT molecular complexity index is 1250. The van der Waals surface area contributed by atoms with E-state index in [1.807, 2.05) is 42.5 Å². The summed E-state index contributed by atoms with van der Waals surface area (Å²) in [6, 6.07) is 15.7. The number of alkyl halides is 3. The van der Waals surface area contributed by atoms with E-state index in [0.29, 0.717) is 17.6 Å². The Morgan fingerprint density at radius 1 is 0.900 bits per heavy atom. The van der Waals surface area contributed by atoms with E-state index in [1.165, 1.54) is 0 Å². The van der Waals surface area contributed by atoms with Gasteiger partial charge in [-0.15, -0.1) is 0 Å². The van der Waals surface area contributed by atoms with Gasteiger partial charge in [-0.1, -0.05) is 30.3 Å². The second kappa shape index (κ2) is 7.29. The quantitative estimate of drug-likeness (QED) is 0.400. The van der Waals surface area contributed by atoms with Crippen molar-refractivity contribution >= 4 is 28.0 Å². The number of hydrogen-bond donors (Lipinski definition) is 2. The van der Waals surface area contributed by atoms with Crippen LogP contribution in [0.5, 0.6) is 0 Å². The van der Waals surface area contributed by atoms with Gasteiger partial charge in [-0.05, 0) is 48.0 Å². The zero-order chi connectivity index (χ0) is 21.5. The van der Waals surface area contributed by atoms with E-state index in [0.717, 1.165) is 22.9 Å². The average molecular weight is 412 g/mol. The number of benzene rings is 3. The normalized spacial score (nSPS) is 11.6. The van der Waals surface area contributed by atoms with Gasteiger partial charge in [0.1, 0.15) is 23.0 Å². The zero-order valence-electron chi connectivity index (χ0n) is 15.8. The fourth-order valence-corrected chi connectivity index (χ4v) is 3.17. The molecule has 4 nitrogen and oxygen atoms in total. The molecule has 1 heterocycles. The molecule has 0 spiro atoms. The van der Waals surface area contributed by atoms with Gasteiger partial charge in [0.15, 0.2) is 5.82 Å². The van der Waals surface area contributed by atoms with Crippen LogP contribution in [-0.2, 0) is 6.18 Å². The highest BCUT2D eigenvalue weighted by molar-refractivity contribution is 5.88. The van der Waals surface area contributed by atoms with Gasteiger partial charge in [0, 0.05) is 11.3 Å². The van der Waals surface area contributed by atoms with E-state index in [-0.39, 0.29) is 22.8 Å². The predicted octanol–water partition coefficient (Wildman–Crippen LogP) is 6.09. The minimum atomic E-state index is -4.64. The molecule has 0 saturated heterocycles. The van der Waals surface area contributed by atoms with Gasteiger partial charge in [0.2, 0.25) is 0 Å². The smallest absolute Gasteiger partial charge is 0.394 e. The van der Waals surface area contributed by atoms with Crippen LogP contribution in [0.2, 0.25) is 0 Å². The molecule has 0 amide bonds. The standard InChI is InChI=1S/C22H16F4N4/c1-12-28-20(17-9-7-15(11-18(17)23)22(24,25)26)19(27)21(29-12)30-16-8-6-13-4-2-3-5-14(13)10-16/h2-11H,27H2,1H3,(H,28,29,30). The minimum Gasteiger partial charge on any atom is -0.394 e. The molecular formula is C22H16F4N4. The second-order valence-corrected chi connectivity index (χ2v) is 6.76. The molecule has 0 fully saturated rings. The summed E-state index contributed by atoms with van der Waals surface area (Å²) in [6.45, 7) is 1.59.